The van der Waals surface area contributed by atoms with Crippen molar-refractivity contribution >= 4 is 0 Å². The highest BCUT2D eigenvalue weighted by Crippen LogP contribution is 2.45. The fraction of sp³-hybridized carbons (Fsp3) is 0.652. The third kappa shape index (κ3) is 4.89. The van der Waals surface area contributed by atoms with E-state index in [0.717, 1.165) is 44.4 Å². The minimum absolute atomic E-state index is 0.00556. The van der Waals surface area contributed by atoms with Gasteiger partial charge in [-0.05, 0) is 93.6 Å². The van der Waals surface area contributed by atoms with Crippen molar-refractivity contribution in [3.8, 4) is 5.75 Å². The molecular weight excluding hydrogens is 349 g/mol. The second-order valence-electron chi connectivity index (χ2n) is 8.08. The summed E-state index contributed by atoms with van der Waals surface area (Å²) >= 11 is 0. The molecule has 4 heteroatoms. The van der Waals surface area contributed by atoms with E-state index < -0.39 is 11.6 Å². The average molecular weight is 380 g/mol. The summed E-state index contributed by atoms with van der Waals surface area (Å²) in [7, 11) is 0. The Kier molecular flexibility index (Phi) is 7.26. The maximum absolute atomic E-state index is 14.5. The molecule has 0 amide bonds. The van der Waals surface area contributed by atoms with E-state index in [1.807, 2.05) is 6.08 Å². The minimum Gasteiger partial charge on any atom is -0.491 e. The lowest BCUT2D eigenvalue weighted by atomic mass is 9.68. The van der Waals surface area contributed by atoms with E-state index in [4.69, 9.17) is 4.74 Å². The van der Waals surface area contributed by atoms with Gasteiger partial charge < -0.3 is 4.74 Å². The van der Waals surface area contributed by atoms with E-state index >= 15 is 0 Å². The van der Waals surface area contributed by atoms with Crippen LogP contribution in [-0.4, -0.2) is 13.3 Å². The number of alkyl halides is 1. The quantitative estimate of drug-likeness (QED) is 0.484. The second kappa shape index (κ2) is 9.66. The molecule has 0 heterocycles. The van der Waals surface area contributed by atoms with Crippen LogP contribution >= 0.6 is 0 Å². The molecule has 0 radical (unpaired) electrons. The van der Waals surface area contributed by atoms with Crippen LogP contribution in [0.4, 0.5) is 13.2 Å². The molecule has 0 aromatic heterocycles. The summed E-state index contributed by atoms with van der Waals surface area (Å²) in [6.45, 7) is 1.72. The van der Waals surface area contributed by atoms with E-state index in [-0.39, 0.29) is 18.3 Å². The molecule has 0 spiro atoms. The number of benzene rings is 1. The monoisotopic (exact) mass is 380 g/mol. The Balaban J connectivity index is 1.54. The van der Waals surface area contributed by atoms with Crippen LogP contribution in [0.1, 0.15) is 69.8 Å². The summed E-state index contributed by atoms with van der Waals surface area (Å²) in [5.74, 6) is 0.502. The Morgan fingerprint density at radius 1 is 0.926 bits per heavy atom. The van der Waals surface area contributed by atoms with Crippen LogP contribution in [0.3, 0.4) is 0 Å². The van der Waals surface area contributed by atoms with Gasteiger partial charge in [-0.25, -0.2) is 8.78 Å². The number of halogens is 3. The Labute approximate surface area is 161 Å². The van der Waals surface area contributed by atoms with Gasteiger partial charge in [-0.2, -0.15) is 4.39 Å². The van der Waals surface area contributed by atoms with Gasteiger partial charge in [0.2, 0.25) is 5.82 Å². The van der Waals surface area contributed by atoms with Crippen LogP contribution in [-0.2, 0) is 0 Å². The molecule has 0 aliphatic heterocycles. The molecule has 150 valence electrons. The van der Waals surface area contributed by atoms with Crippen LogP contribution in [0.25, 0.3) is 0 Å². The zero-order chi connectivity index (χ0) is 19.2. The number of hydrogen-bond donors (Lipinski definition) is 0. The van der Waals surface area contributed by atoms with Crippen LogP contribution < -0.4 is 4.74 Å². The molecule has 2 fully saturated rings. The van der Waals surface area contributed by atoms with Gasteiger partial charge in [-0.15, -0.1) is 0 Å². The highest BCUT2D eigenvalue weighted by atomic mass is 19.2. The van der Waals surface area contributed by atoms with Gasteiger partial charge in [0, 0.05) is 0 Å². The van der Waals surface area contributed by atoms with Gasteiger partial charge in [0.25, 0.3) is 0 Å². The molecule has 1 aromatic rings. The largest absolute Gasteiger partial charge is 0.491 e. The van der Waals surface area contributed by atoms with Crippen LogP contribution in [0, 0.1) is 29.4 Å². The Morgan fingerprint density at radius 2 is 1.56 bits per heavy atom. The summed E-state index contributed by atoms with van der Waals surface area (Å²) < 4.78 is 46.1. The lowest BCUT2D eigenvalue weighted by molar-refractivity contribution is 0.170. The molecule has 0 saturated heterocycles. The topological polar surface area (TPSA) is 9.23 Å². The van der Waals surface area contributed by atoms with E-state index in [1.54, 1.807) is 25.1 Å². The highest BCUT2D eigenvalue weighted by Gasteiger charge is 2.32. The van der Waals surface area contributed by atoms with Crippen molar-refractivity contribution in [1.29, 1.82) is 0 Å². The van der Waals surface area contributed by atoms with Gasteiger partial charge in [0.15, 0.2) is 11.6 Å². The predicted octanol–water partition coefficient (Wildman–Crippen LogP) is 6.97. The summed E-state index contributed by atoms with van der Waals surface area (Å²) in [6, 6.07) is 3.27. The van der Waals surface area contributed by atoms with Crippen LogP contribution in [0.2, 0.25) is 0 Å². The fourth-order valence-electron chi connectivity index (χ4n) is 5.08. The smallest absolute Gasteiger partial charge is 0.200 e. The zero-order valence-corrected chi connectivity index (χ0v) is 16.2. The SMILES string of the molecule is CCOc1ccc(C2CCC(C3CCC(/C=C/CF)CC3)CC2)c(F)c1F. The summed E-state index contributed by atoms with van der Waals surface area (Å²) in [6.07, 6.45) is 12.4. The van der Waals surface area contributed by atoms with Gasteiger partial charge >= 0.3 is 0 Å². The van der Waals surface area contributed by atoms with E-state index in [9.17, 15) is 13.2 Å². The molecule has 2 aliphatic rings. The molecule has 0 bridgehead atoms. The van der Waals surface area contributed by atoms with Crippen molar-refractivity contribution in [3.63, 3.8) is 0 Å². The molecule has 0 unspecified atom stereocenters. The molecule has 0 atom stereocenters. The first-order chi connectivity index (χ1) is 13.1. The van der Waals surface area contributed by atoms with Crippen molar-refractivity contribution in [2.45, 2.75) is 64.2 Å². The number of hydrogen-bond acceptors (Lipinski definition) is 1. The molecule has 2 saturated carbocycles. The first kappa shape index (κ1) is 20.3. The molecule has 0 N–H and O–H groups in total. The normalized spacial score (nSPS) is 29.2. The fourth-order valence-corrected chi connectivity index (χ4v) is 5.08. The van der Waals surface area contributed by atoms with Gasteiger partial charge in [-0.3, -0.25) is 0 Å². The Morgan fingerprint density at radius 3 is 2.15 bits per heavy atom. The van der Waals surface area contributed by atoms with Crippen molar-refractivity contribution < 1.29 is 17.9 Å². The average Bonchev–Trinajstić information content (AvgIpc) is 2.71. The molecule has 1 aromatic carbocycles. The summed E-state index contributed by atoms with van der Waals surface area (Å²) in [4.78, 5) is 0. The summed E-state index contributed by atoms with van der Waals surface area (Å²) in [5.41, 5.74) is 0.509. The Hall–Kier alpha value is -1.45. The molecule has 27 heavy (non-hydrogen) atoms. The third-order valence-corrected chi connectivity index (χ3v) is 6.57. The van der Waals surface area contributed by atoms with Gasteiger partial charge in [0.1, 0.15) is 6.67 Å². The molecule has 1 nitrogen and oxygen atoms in total. The van der Waals surface area contributed by atoms with E-state index in [0.29, 0.717) is 24.0 Å². The molecular formula is C23H31F3O. The molecule has 2 aliphatic carbocycles. The second-order valence-corrected chi connectivity index (χ2v) is 8.08. The first-order valence-electron chi connectivity index (χ1n) is 10.5. The Bertz CT molecular complexity index is 627. The maximum atomic E-state index is 14.5. The lowest BCUT2D eigenvalue weighted by Gasteiger charge is -2.37. The van der Waals surface area contributed by atoms with Crippen LogP contribution in [0.5, 0.6) is 5.75 Å². The maximum Gasteiger partial charge on any atom is 0.200 e. The van der Waals surface area contributed by atoms with E-state index in [1.165, 1.54) is 12.8 Å². The molecule has 3 rings (SSSR count). The lowest BCUT2D eigenvalue weighted by Crippen LogP contribution is -2.25. The number of ether oxygens (including phenoxy) is 1. The zero-order valence-electron chi connectivity index (χ0n) is 16.2. The first-order valence-corrected chi connectivity index (χ1v) is 10.5. The van der Waals surface area contributed by atoms with Crippen molar-refractivity contribution in [2.75, 3.05) is 13.3 Å². The number of allylic oxidation sites excluding steroid dienone is 2. The predicted molar refractivity (Wildman–Crippen MR) is 103 cm³/mol. The van der Waals surface area contributed by atoms with Gasteiger partial charge in [0.05, 0.1) is 6.61 Å². The highest BCUT2D eigenvalue weighted by molar-refractivity contribution is 5.33. The van der Waals surface area contributed by atoms with Gasteiger partial charge in [-0.1, -0.05) is 18.2 Å². The standard InChI is InChI=1S/C23H31F3O/c1-2-27-21-14-13-20(22(25)23(21)26)19-11-9-18(10-12-19)17-7-5-16(6-8-17)4-3-15-24/h3-4,13-14,16-19H,2,5-12,15H2,1H3/b4-3+. The van der Waals surface area contributed by atoms with Crippen molar-refractivity contribution in [1.82, 2.24) is 0 Å². The van der Waals surface area contributed by atoms with Crippen molar-refractivity contribution in [3.05, 3.63) is 41.5 Å². The van der Waals surface area contributed by atoms with Crippen molar-refractivity contribution in [2.24, 2.45) is 17.8 Å². The minimum atomic E-state index is -0.851. The van der Waals surface area contributed by atoms with E-state index in [2.05, 4.69) is 0 Å². The van der Waals surface area contributed by atoms with Crippen LogP contribution in [0.15, 0.2) is 24.3 Å². The summed E-state index contributed by atoms with van der Waals surface area (Å²) in [5, 5.41) is 0. The third-order valence-electron chi connectivity index (χ3n) is 6.57. The number of rotatable bonds is 6.